The number of amides is 4. The third-order valence-electron chi connectivity index (χ3n) is 9.37. The van der Waals surface area contributed by atoms with Crippen LogP contribution in [0.4, 0.5) is 8.78 Å². The average Bonchev–Trinajstić information content (AvgIpc) is 3.88. The highest BCUT2D eigenvalue weighted by molar-refractivity contribution is 6.09. The van der Waals surface area contributed by atoms with Crippen LogP contribution < -0.4 is 15.6 Å². The number of ether oxygens (including phenoxy) is 1. The fourth-order valence-electron chi connectivity index (χ4n) is 5.59. The number of likely N-dealkylation sites (tertiary alicyclic amines) is 1. The smallest absolute Gasteiger partial charge is 0.255 e. The Balaban J connectivity index is 0.000000777. The van der Waals surface area contributed by atoms with Crippen molar-refractivity contribution in [2.24, 2.45) is 11.8 Å². The highest BCUT2D eigenvalue weighted by Gasteiger charge is 2.26. The van der Waals surface area contributed by atoms with Gasteiger partial charge in [-0.3, -0.25) is 19.2 Å². The Hall–Kier alpha value is -4.04. The minimum Gasteiger partial charge on any atom is -0.400 e. The van der Waals surface area contributed by atoms with Gasteiger partial charge in [0, 0.05) is 51.4 Å². The molecule has 2 aliphatic heterocycles. The molecule has 3 unspecified atom stereocenters. The van der Waals surface area contributed by atoms with Crippen molar-refractivity contribution in [2.75, 3.05) is 27.3 Å². The number of hydroxylamine groups is 1. The van der Waals surface area contributed by atoms with E-state index in [0.29, 0.717) is 48.6 Å². The minimum atomic E-state index is -0.545. The van der Waals surface area contributed by atoms with Crippen LogP contribution in [-0.2, 0) is 43.7 Å². The Labute approximate surface area is 335 Å². The predicted molar refractivity (Wildman–Crippen MR) is 218 cm³/mol. The second-order valence-corrected chi connectivity index (χ2v) is 14.6. The van der Waals surface area contributed by atoms with Crippen molar-refractivity contribution in [1.82, 2.24) is 20.6 Å². The lowest BCUT2D eigenvalue weighted by Crippen LogP contribution is -2.40. The molecule has 314 valence electrons. The van der Waals surface area contributed by atoms with E-state index in [1.54, 1.807) is 47.2 Å². The van der Waals surface area contributed by atoms with Gasteiger partial charge in [0.1, 0.15) is 12.5 Å². The summed E-state index contributed by atoms with van der Waals surface area (Å²) in [7, 11) is 8.22. The SMILES string of the molecule is CCCCCCCC(C)C(C)C(=O)NOc1cccc(CF)c1.CO.COC(C)(C)C.O=CN1Cc2cccc(F)c2C1.[B]CC1CCCN1C(=O)CNC=O. The van der Waals surface area contributed by atoms with Crippen LogP contribution in [0.15, 0.2) is 42.5 Å². The van der Waals surface area contributed by atoms with Crippen LogP contribution in [0, 0.1) is 17.7 Å². The molecule has 2 aromatic rings. The fraction of sp³-hybridized carbons (Fsp3) is 0.619. The number of unbranched alkanes of at least 4 members (excludes halogenated alkanes) is 4. The van der Waals surface area contributed by atoms with E-state index in [1.165, 1.54) is 31.7 Å². The van der Waals surface area contributed by atoms with E-state index in [0.717, 1.165) is 51.3 Å². The molecule has 0 saturated carbocycles. The summed E-state index contributed by atoms with van der Waals surface area (Å²) in [6.07, 6.45) is 11.0. The van der Waals surface area contributed by atoms with Crippen LogP contribution in [0.2, 0.25) is 6.32 Å². The predicted octanol–water partition coefficient (Wildman–Crippen LogP) is 6.85. The molecule has 2 aliphatic rings. The van der Waals surface area contributed by atoms with E-state index in [1.807, 2.05) is 33.8 Å². The summed E-state index contributed by atoms with van der Waals surface area (Å²) in [5.74, 6) is 0.282. The second-order valence-electron chi connectivity index (χ2n) is 14.6. The number of methoxy groups -OCH3 is 1. The molecule has 11 nitrogen and oxygen atoms in total. The van der Waals surface area contributed by atoms with Crippen LogP contribution in [0.3, 0.4) is 0 Å². The van der Waals surface area contributed by atoms with E-state index in [4.69, 9.17) is 22.5 Å². The van der Waals surface area contributed by atoms with Gasteiger partial charge in [-0.15, -0.1) is 0 Å². The van der Waals surface area contributed by atoms with Crippen LogP contribution >= 0.6 is 0 Å². The first-order chi connectivity index (χ1) is 26.7. The van der Waals surface area contributed by atoms with Crippen molar-refractivity contribution in [3.8, 4) is 5.75 Å². The summed E-state index contributed by atoms with van der Waals surface area (Å²) in [4.78, 5) is 52.5. The molecule has 0 bridgehead atoms. The number of nitrogens with zero attached hydrogens (tertiary/aromatic N) is 2. The summed E-state index contributed by atoms with van der Waals surface area (Å²) < 4.78 is 30.6. The molecule has 2 heterocycles. The van der Waals surface area contributed by atoms with Crippen molar-refractivity contribution < 1.29 is 42.6 Å². The molecule has 1 saturated heterocycles. The lowest BCUT2D eigenvalue weighted by molar-refractivity contribution is -0.133. The zero-order chi connectivity index (χ0) is 42.5. The molecule has 0 spiro atoms. The maximum atomic E-state index is 13.1. The number of aliphatic hydroxyl groups excluding tert-OH is 1. The molecule has 3 atom stereocenters. The van der Waals surface area contributed by atoms with Gasteiger partial charge < -0.3 is 29.8 Å². The van der Waals surface area contributed by atoms with Gasteiger partial charge in [-0.1, -0.05) is 83.5 Å². The van der Waals surface area contributed by atoms with Gasteiger partial charge in [0.05, 0.1) is 20.0 Å². The lowest BCUT2D eigenvalue weighted by Gasteiger charge is -2.23. The van der Waals surface area contributed by atoms with Gasteiger partial charge in [-0.25, -0.2) is 8.78 Å². The summed E-state index contributed by atoms with van der Waals surface area (Å²) >= 11 is 0. The van der Waals surface area contributed by atoms with Crippen LogP contribution in [0.1, 0.15) is 110 Å². The first-order valence-electron chi connectivity index (χ1n) is 19.5. The number of hydrogen-bond acceptors (Lipinski definition) is 7. The van der Waals surface area contributed by atoms with Gasteiger partial charge in [0.25, 0.3) is 5.91 Å². The summed E-state index contributed by atoms with van der Waals surface area (Å²) in [5, 5.41) is 9.36. The van der Waals surface area contributed by atoms with E-state index >= 15 is 0 Å². The highest BCUT2D eigenvalue weighted by atomic mass is 19.1. The Bertz CT molecular complexity index is 1400. The summed E-state index contributed by atoms with van der Waals surface area (Å²) in [5.41, 5.74) is 4.63. The number of carbonyl (C=O) groups is 4. The highest BCUT2D eigenvalue weighted by Crippen LogP contribution is 2.24. The molecule has 2 aromatic carbocycles. The Morgan fingerprint density at radius 2 is 1.71 bits per heavy atom. The molecule has 4 amide bonds. The first-order valence-corrected chi connectivity index (χ1v) is 19.5. The summed E-state index contributed by atoms with van der Waals surface area (Å²) in [6.45, 7) is 13.5. The number of hydrogen-bond donors (Lipinski definition) is 3. The molecule has 0 aliphatic carbocycles. The molecule has 1 fully saturated rings. The molecule has 3 N–H and O–H groups in total. The quantitative estimate of drug-likeness (QED) is 0.0733. The average molecular weight is 789 g/mol. The molecular weight excluding hydrogens is 721 g/mol. The fourth-order valence-corrected chi connectivity index (χ4v) is 5.59. The molecule has 56 heavy (non-hydrogen) atoms. The number of fused-ring (bicyclic) bond motifs is 1. The van der Waals surface area contributed by atoms with E-state index < -0.39 is 6.67 Å². The molecule has 4 rings (SSSR count). The van der Waals surface area contributed by atoms with Gasteiger partial charge in [-0.05, 0) is 75.3 Å². The standard InChI is InChI=1S/C19H30FNO2.C9H8FNO.C8H13BN2O2.C5H12O.CH4O/c1-4-5-6-7-8-10-15(2)16(3)19(22)21-23-18-12-9-11-17(13-18)14-20;10-9-3-1-2-7-4-11(6-12)5-8(7)9;9-4-7-2-1-3-11(7)8(13)5-10-6-12;1-5(2,3)6-4;1-2/h9,11-13,15-16H,4-8,10,14H2,1-3H3,(H,21,22);1-3,6H,4-5H2;6-7H,1-5H2,(H,10,12);1-4H3;2H,1H3. The van der Waals surface area contributed by atoms with Crippen LogP contribution in [0.25, 0.3) is 0 Å². The largest absolute Gasteiger partial charge is 0.400 e. The van der Waals surface area contributed by atoms with E-state index in [9.17, 15) is 28.0 Å². The van der Waals surface area contributed by atoms with E-state index in [2.05, 4.69) is 24.6 Å². The number of alkyl halides is 1. The third-order valence-corrected chi connectivity index (χ3v) is 9.37. The zero-order valence-electron chi connectivity index (χ0n) is 35.0. The number of rotatable bonds is 16. The van der Waals surface area contributed by atoms with Gasteiger partial charge in [0.15, 0.2) is 5.75 Å². The number of carbonyl (C=O) groups excluding carboxylic acids is 4. The Morgan fingerprint density at radius 1 is 1.05 bits per heavy atom. The van der Waals surface area contributed by atoms with Gasteiger partial charge in [-0.2, -0.15) is 5.48 Å². The van der Waals surface area contributed by atoms with Gasteiger partial charge in [0.2, 0.25) is 18.7 Å². The number of aliphatic hydroxyl groups is 1. The lowest BCUT2D eigenvalue weighted by atomic mass is 9.90. The zero-order valence-corrected chi connectivity index (χ0v) is 35.0. The number of benzene rings is 2. The van der Waals surface area contributed by atoms with Crippen molar-refractivity contribution >= 4 is 32.5 Å². The second kappa shape index (κ2) is 30.1. The molecular formula is C42H67BF2N4O7. The third kappa shape index (κ3) is 21.3. The van der Waals surface area contributed by atoms with E-state index in [-0.39, 0.29) is 41.7 Å². The van der Waals surface area contributed by atoms with Crippen molar-refractivity contribution in [3.05, 3.63) is 65.0 Å². The molecule has 14 heteroatoms. The number of nitrogens with one attached hydrogen (secondary N) is 2. The first kappa shape index (κ1) is 52.0. The van der Waals surface area contributed by atoms with Crippen LogP contribution in [-0.4, -0.2) is 86.3 Å². The molecule has 2 radical (unpaired) electrons. The monoisotopic (exact) mass is 789 g/mol. The Kier molecular flexibility index (Phi) is 28.0. The van der Waals surface area contributed by atoms with Crippen LogP contribution in [0.5, 0.6) is 5.75 Å². The molecule has 0 aromatic heterocycles. The maximum absolute atomic E-state index is 13.1. The maximum Gasteiger partial charge on any atom is 0.255 e. The van der Waals surface area contributed by atoms with Crippen molar-refractivity contribution in [2.45, 2.75) is 131 Å². The van der Waals surface area contributed by atoms with Gasteiger partial charge >= 0.3 is 0 Å². The minimum absolute atomic E-state index is 0.0416. The summed E-state index contributed by atoms with van der Waals surface area (Å²) in [6, 6.07) is 11.8. The Morgan fingerprint density at radius 3 is 2.29 bits per heavy atom. The number of halogens is 2. The van der Waals surface area contributed by atoms with Crippen molar-refractivity contribution in [1.29, 1.82) is 0 Å². The normalized spacial score (nSPS) is 15.0. The van der Waals surface area contributed by atoms with Crippen molar-refractivity contribution in [3.63, 3.8) is 0 Å². The topological polar surface area (TPSA) is 138 Å².